The van der Waals surface area contributed by atoms with E-state index in [9.17, 15) is 9.59 Å². The second-order valence-electron chi connectivity index (χ2n) is 5.41. The molecule has 102 valence electrons. The average molecular weight is 262 g/mol. The zero-order chi connectivity index (χ0) is 14.0. The van der Waals surface area contributed by atoms with Crippen molar-refractivity contribution in [2.75, 3.05) is 18.4 Å². The van der Waals surface area contributed by atoms with Crippen molar-refractivity contribution in [1.82, 2.24) is 5.32 Å². The number of ether oxygens (including phenoxy) is 1. The van der Waals surface area contributed by atoms with E-state index in [1.165, 1.54) is 0 Å². The standard InChI is InChI=1S/C14H18N2O3/c1-14(2,3)19-13(18)10-6-4-5-9-11(10)15-7-8-16-12(9)17/h4-6,15H,7-8H2,1-3H3,(H,16,17). The first-order valence-corrected chi connectivity index (χ1v) is 6.27. The van der Waals surface area contributed by atoms with Gasteiger partial charge in [-0.1, -0.05) is 6.07 Å². The molecule has 0 unspecified atom stereocenters. The zero-order valence-corrected chi connectivity index (χ0v) is 11.4. The summed E-state index contributed by atoms with van der Waals surface area (Å²) in [5.41, 5.74) is 0.851. The van der Waals surface area contributed by atoms with E-state index in [0.29, 0.717) is 29.9 Å². The van der Waals surface area contributed by atoms with Crippen LogP contribution in [0.4, 0.5) is 5.69 Å². The van der Waals surface area contributed by atoms with E-state index < -0.39 is 11.6 Å². The molecule has 0 aliphatic carbocycles. The molecule has 0 fully saturated rings. The monoisotopic (exact) mass is 262 g/mol. The third kappa shape index (κ3) is 3.05. The highest BCUT2D eigenvalue weighted by molar-refractivity contribution is 6.06. The normalized spacial score (nSPS) is 14.8. The van der Waals surface area contributed by atoms with E-state index in [2.05, 4.69) is 10.6 Å². The molecule has 1 aliphatic rings. The zero-order valence-electron chi connectivity index (χ0n) is 11.4. The number of hydrogen-bond acceptors (Lipinski definition) is 4. The third-order valence-electron chi connectivity index (χ3n) is 2.64. The number of para-hydroxylation sites is 1. The number of rotatable bonds is 1. The maximum atomic E-state index is 12.2. The highest BCUT2D eigenvalue weighted by Crippen LogP contribution is 2.24. The Kier molecular flexibility index (Phi) is 3.46. The first-order valence-electron chi connectivity index (χ1n) is 6.27. The van der Waals surface area contributed by atoms with Gasteiger partial charge in [0.1, 0.15) is 5.60 Å². The summed E-state index contributed by atoms with van der Waals surface area (Å²) in [5, 5.41) is 5.87. The molecule has 0 saturated heterocycles. The average Bonchev–Trinajstić information content (AvgIpc) is 2.49. The molecule has 1 aliphatic heterocycles. The molecular weight excluding hydrogens is 244 g/mol. The molecule has 0 saturated carbocycles. The number of nitrogens with one attached hydrogen (secondary N) is 2. The van der Waals surface area contributed by atoms with Gasteiger partial charge in [-0.3, -0.25) is 4.79 Å². The van der Waals surface area contributed by atoms with Crippen molar-refractivity contribution in [2.24, 2.45) is 0 Å². The summed E-state index contributed by atoms with van der Waals surface area (Å²) in [6, 6.07) is 5.04. The quantitative estimate of drug-likeness (QED) is 0.757. The van der Waals surface area contributed by atoms with Crippen molar-refractivity contribution in [2.45, 2.75) is 26.4 Å². The Morgan fingerprint density at radius 2 is 1.89 bits per heavy atom. The van der Waals surface area contributed by atoms with Gasteiger partial charge in [0.05, 0.1) is 16.8 Å². The molecule has 5 heteroatoms. The van der Waals surface area contributed by atoms with Crippen LogP contribution in [0.5, 0.6) is 0 Å². The molecule has 2 N–H and O–H groups in total. The van der Waals surface area contributed by atoms with Crippen LogP contribution in [0.25, 0.3) is 0 Å². The van der Waals surface area contributed by atoms with Gasteiger partial charge in [-0.2, -0.15) is 0 Å². The lowest BCUT2D eigenvalue weighted by atomic mass is 10.1. The van der Waals surface area contributed by atoms with Crippen LogP contribution in [0.2, 0.25) is 0 Å². The molecule has 0 atom stereocenters. The van der Waals surface area contributed by atoms with Crippen LogP contribution >= 0.6 is 0 Å². The van der Waals surface area contributed by atoms with Crippen molar-refractivity contribution in [3.8, 4) is 0 Å². The van der Waals surface area contributed by atoms with E-state index in [-0.39, 0.29) is 5.91 Å². The Labute approximate surface area is 112 Å². The number of esters is 1. The Bertz CT molecular complexity index is 518. The Hall–Kier alpha value is -2.04. The lowest BCUT2D eigenvalue weighted by molar-refractivity contribution is 0.00707. The first-order chi connectivity index (χ1) is 8.88. The Morgan fingerprint density at radius 3 is 2.58 bits per heavy atom. The number of carbonyl (C=O) groups excluding carboxylic acids is 2. The maximum absolute atomic E-state index is 12.2. The van der Waals surface area contributed by atoms with Gasteiger partial charge in [0, 0.05) is 13.1 Å². The number of amides is 1. The van der Waals surface area contributed by atoms with Crippen molar-refractivity contribution in [3.05, 3.63) is 29.3 Å². The van der Waals surface area contributed by atoms with Crippen LogP contribution < -0.4 is 10.6 Å². The molecule has 2 rings (SSSR count). The van der Waals surface area contributed by atoms with Gasteiger partial charge in [0.2, 0.25) is 0 Å². The summed E-state index contributed by atoms with van der Waals surface area (Å²) in [6.07, 6.45) is 0. The van der Waals surface area contributed by atoms with Gasteiger partial charge in [-0.15, -0.1) is 0 Å². The molecule has 1 aromatic rings. The molecule has 0 aromatic heterocycles. The van der Waals surface area contributed by atoms with Gasteiger partial charge in [0.15, 0.2) is 0 Å². The van der Waals surface area contributed by atoms with E-state index in [4.69, 9.17) is 4.74 Å². The SMILES string of the molecule is CC(C)(C)OC(=O)c1cccc2c1NCCNC2=O. The van der Waals surface area contributed by atoms with E-state index in [0.717, 1.165) is 0 Å². The van der Waals surface area contributed by atoms with Crippen LogP contribution in [0, 0.1) is 0 Å². The van der Waals surface area contributed by atoms with Gasteiger partial charge < -0.3 is 15.4 Å². The lowest BCUT2D eigenvalue weighted by Crippen LogP contribution is -2.25. The topological polar surface area (TPSA) is 67.4 Å². The second kappa shape index (κ2) is 4.91. The smallest absolute Gasteiger partial charge is 0.340 e. The summed E-state index contributed by atoms with van der Waals surface area (Å²) in [7, 11) is 0. The molecule has 0 spiro atoms. The third-order valence-corrected chi connectivity index (χ3v) is 2.64. The van der Waals surface area contributed by atoms with Crippen molar-refractivity contribution in [1.29, 1.82) is 0 Å². The number of hydrogen-bond donors (Lipinski definition) is 2. The summed E-state index contributed by atoms with van der Waals surface area (Å²) in [4.78, 5) is 24.0. The number of anilines is 1. The van der Waals surface area contributed by atoms with E-state index >= 15 is 0 Å². The predicted molar refractivity (Wildman–Crippen MR) is 72.4 cm³/mol. The minimum absolute atomic E-state index is 0.176. The molecule has 19 heavy (non-hydrogen) atoms. The van der Waals surface area contributed by atoms with Crippen LogP contribution in [-0.2, 0) is 4.74 Å². The highest BCUT2D eigenvalue weighted by Gasteiger charge is 2.24. The molecule has 1 amide bonds. The Morgan fingerprint density at radius 1 is 1.21 bits per heavy atom. The van der Waals surface area contributed by atoms with Crippen molar-refractivity contribution >= 4 is 17.6 Å². The minimum Gasteiger partial charge on any atom is -0.456 e. The largest absolute Gasteiger partial charge is 0.456 e. The van der Waals surface area contributed by atoms with Gasteiger partial charge >= 0.3 is 5.97 Å². The minimum atomic E-state index is -0.563. The summed E-state index contributed by atoms with van der Waals surface area (Å²) >= 11 is 0. The Balaban J connectivity index is 2.39. The summed E-state index contributed by atoms with van der Waals surface area (Å²) in [6.45, 7) is 6.55. The van der Waals surface area contributed by atoms with Crippen molar-refractivity contribution < 1.29 is 14.3 Å². The van der Waals surface area contributed by atoms with Gasteiger partial charge in [-0.05, 0) is 32.9 Å². The van der Waals surface area contributed by atoms with Gasteiger partial charge in [0.25, 0.3) is 5.91 Å². The lowest BCUT2D eigenvalue weighted by Gasteiger charge is -2.21. The molecular formula is C14H18N2O3. The van der Waals surface area contributed by atoms with Crippen LogP contribution in [0.15, 0.2) is 18.2 Å². The number of benzene rings is 1. The molecule has 1 aromatic carbocycles. The van der Waals surface area contributed by atoms with Crippen LogP contribution in [0.3, 0.4) is 0 Å². The second-order valence-corrected chi connectivity index (χ2v) is 5.41. The number of carbonyl (C=O) groups is 2. The van der Waals surface area contributed by atoms with E-state index in [1.54, 1.807) is 18.2 Å². The summed E-state index contributed by atoms with van der Waals surface area (Å²) < 4.78 is 5.36. The fourth-order valence-electron chi connectivity index (χ4n) is 1.89. The summed E-state index contributed by atoms with van der Waals surface area (Å²) in [5.74, 6) is -0.600. The predicted octanol–water partition coefficient (Wildman–Crippen LogP) is 1.80. The fourth-order valence-corrected chi connectivity index (χ4v) is 1.89. The molecule has 0 bridgehead atoms. The van der Waals surface area contributed by atoms with E-state index in [1.807, 2.05) is 20.8 Å². The van der Waals surface area contributed by atoms with Crippen LogP contribution in [-0.4, -0.2) is 30.6 Å². The molecule has 0 radical (unpaired) electrons. The highest BCUT2D eigenvalue weighted by atomic mass is 16.6. The van der Waals surface area contributed by atoms with Crippen molar-refractivity contribution in [3.63, 3.8) is 0 Å². The maximum Gasteiger partial charge on any atom is 0.340 e. The molecule has 5 nitrogen and oxygen atoms in total. The first kappa shape index (κ1) is 13.4. The fraction of sp³-hybridized carbons (Fsp3) is 0.429. The molecule has 1 heterocycles. The van der Waals surface area contributed by atoms with Crippen LogP contribution in [0.1, 0.15) is 41.5 Å². The number of fused-ring (bicyclic) bond motifs is 1. The van der Waals surface area contributed by atoms with Gasteiger partial charge in [-0.25, -0.2) is 4.79 Å².